The summed E-state index contributed by atoms with van der Waals surface area (Å²) in [6.07, 6.45) is -4.50. The van der Waals surface area contributed by atoms with Crippen molar-refractivity contribution >= 4 is 10.2 Å². The van der Waals surface area contributed by atoms with Gasteiger partial charge in [0.2, 0.25) is 0 Å². The first-order valence-electron chi connectivity index (χ1n) is 7.66. The average Bonchev–Trinajstić information content (AvgIpc) is 3.07. The van der Waals surface area contributed by atoms with Crippen LogP contribution in [0.5, 0.6) is 5.75 Å². The molecule has 1 aromatic heterocycles. The van der Waals surface area contributed by atoms with Crippen LogP contribution in [0.4, 0.5) is 13.2 Å². The number of rotatable bonds is 3. The molecule has 0 saturated carbocycles. The largest absolute Gasteiger partial charge is 0.497 e. The number of para-hydroxylation sites is 1. The Morgan fingerprint density at radius 2 is 1.54 bits per heavy atom. The Hall–Kier alpha value is -2.89. The van der Waals surface area contributed by atoms with Gasteiger partial charge >= 0.3 is 6.18 Å². The first kappa shape index (κ1) is 21.4. The molecule has 11 heteroatoms. The second-order valence-electron chi connectivity index (χ2n) is 5.48. The van der Waals surface area contributed by atoms with Crippen LogP contribution in [-0.2, 0) is 16.4 Å². The van der Waals surface area contributed by atoms with Gasteiger partial charge in [-0.15, -0.1) is 0 Å². The molecule has 3 aromatic rings. The van der Waals surface area contributed by atoms with Crippen molar-refractivity contribution in [3.8, 4) is 22.7 Å². The molecule has 0 aliphatic carbocycles. The van der Waals surface area contributed by atoms with Crippen LogP contribution in [0, 0.1) is 0 Å². The summed E-state index contributed by atoms with van der Waals surface area (Å²) >= 11 is 0. The number of alkyl halides is 3. The van der Waals surface area contributed by atoms with E-state index in [4.69, 9.17) is 4.74 Å². The minimum Gasteiger partial charge on any atom is -0.497 e. The molecule has 0 aliphatic heterocycles. The van der Waals surface area contributed by atoms with Crippen molar-refractivity contribution in [2.24, 2.45) is 10.3 Å². The fourth-order valence-electron chi connectivity index (χ4n) is 2.25. The number of hydrogen-bond acceptors (Lipinski definition) is 4. The van der Waals surface area contributed by atoms with Crippen LogP contribution in [0.3, 0.4) is 0 Å². The molecule has 0 spiro atoms. The molecule has 0 fully saturated rings. The van der Waals surface area contributed by atoms with Gasteiger partial charge in [0.05, 0.1) is 18.5 Å². The van der Waals surface area contributed by atoms with Gasteiger partial charge in [0.15, 0.2) is 5.69 Å². The summed E-state index contributed by atoms with van der Waals surface area (Å²) in [6.45, 7) is 0. The van der Waals surface area contributed by atoms with Crippen molar-refractivity contribution in [2.45, 2.75) is 6.18 Å². The van der Waals surface area contributed by atoms with Crippen LogP contribution in [-0.4, -0.2) is 25.3 Å². The fraction of sp³-hybridized carbons (Fsp3) is 0.118. The number of aromatic nitrogens is 2. The standard InChI is InChI=1S/C17H13F3N2O.H4N2O2S/c1-23-14-9-7-12(8-10-14)15-11-16(17(18,19)20)21-22(15)13-5-3-2-4-6-13;1-5(2,3)4/h2-11H,1H3;(H4,1,2,3,4). The second-order valence-corrected chi connectivity index (χ2v) is 6.66. The lowest BCUT2D eigenvalue weighted by Gasteiger charge is -2.08. The van der Waals surface area contributed by atoms with Crippen LogP contribution >= 0.6 is 0 Å². The number of hydrogen-bond donors (Lipinski definition) is 2. The first-order chi connectivity index (χ1) is 13.0. The van der Waals surface area contributed by atoms with Gasteiger partial charge in [-0.25, -0.2) is 15.0 Å². The lowest BCUT2D eigenvalue weighted by atomic mass is 10.1. The number of halogens is 3. The van der Waals surface area contributed by atoms with Crippen molar-refractivity contribution in [1.29, 1.82) is 0 Å². The van der Waals surface area contributed by atoms with Crippen LogP contribution < -0.4 is 15.0 Å². The SMILES string of the molecule is COc1ccc(-c2cc(C(F)(F)F)nn2-c2ccccc2)cc1.NS(N)(=O)=O. The third-order valence-corrected chi connectivity index (χ3v) is 3.39. The first-order valence-corrected chi connectivity index (χ1v) is 9.27. The van der Waals surface area contributed by atoms with E-state index in [1.165, 1.54) is 11.8 Å². The van der Waals surface area contributed by atoms with Crippen molar-refractivity contribution in [2.75, 3.05) is 7.11 Å². The minimum absolute atomic E-state index is 0.367. The normalized spacial score (nSPS) is 11.5. The molecule has 0 aliphatic rings. The molecule has 0 saturated heterocycles. The van der Waals surface area contributed by atoms with E-state index in [2.05, 4.69) is 15.4 Å². The highest BCUT2D eigenvalue weighted by atomic mass is 32.2. The van der Waals surface area contributed by atoms with E-state index in [9.17, 15) is 21.6 Å². The summed E-state index contributed by atoms with van der Waals surface area (Å²) in [4.78, 5) is 0. The molecule has 0 radical (unpaired) electrons. The van der Waals surface area contributed by atoms with Gasteiger partial charge in [0.25, 0.3) is 10.2 Å². The Morgan fingerprint density at radius 3 is 2.00 bits per heavy atom. The summed E-state index contributed by atoms with van der Waals surface area (Å²) in [5.41, 5.74) is 0.629. The smallest absolute Gasteiger partial charge is 0.435 e. The molecule has 0 unspecified atom stereocenters. The molecule has 7 nitrogen and oxygen atoms in total. The molecule has 4 N–H and O–H groups in total. The fourth-order valence-corrected chi connectivity index (χ4v) is 2.25. The topological polar surface area (TPSA) is 113 Å². The van der Waals surface area contributed by atoms with Crippen molar-refractivity contribution in [3.05, 3.63) is 66.4 Å². The van der Waals surface area contributed by atoms with E-state index in [0.717, 1.165) is 6.07 Å². The number of ether oxygens (including phenoxy) is 1. The predicted molar refractivity (Wildman–Crippen MR) is 97.8 cm³/mol. The van der Waals surface area contributed by atoms with Gasteiger partial charge < -0.3 is 4.74 Å². The van der Waals surface area contributed by atoms with Crippen molar-refractivity contribution in [3.63, 3.8) is 0 Å². The maximum absolute atomic E-state index is 13.0. The molecule has 2 aromatic carbocycles. The highest BCUT2D eigenvalue weighted by Crippen LogP contribution is 2.33. The predicted octanol–water partition coefficient (Wildman–Crippen LogP) is 2.72. The van der Waals surface area contributed by atoms with Gasteiger partial charge in [0.1, 0.15) is 5.75 Å². The lowest BCUT2D eigenvalue weighted by molar-refractivity contribution is -0.141. The van der Waals surface area contributed by atoms with Crippen LogP contribution in [0.25, 0.3) is 16.9 Å². The van der Waals surface area contributed by atoms with Crippen molar-refractivity contribution in [1.82, 2.24) is 9.78 Å². The van der Waals surface area contributed by atoms with E-state index >= 15 is 0 Å². The van der Waals surface area contributed by atoms with E-state index in [0.29, 0.717) is 22.7 Å². The van der Waals surface area contributed by atoms with E-state index in [1.54, 1.807) is 54.6 Å². The van der Waals surface area contributed by atoms with Crippen LogP contribution in [0.15, 0.2) is 60.7 Å². The zero-order valence-electron chi connectivity index (χ0n) is 14.6. The highest BCUT2D eigenvalue weighted by molar-refractivity contribution is 7.86. The maximum Gasteiger partial charge on any atom is 0.435 e. The minimum atomic E-state index is -4.50. The molecular formula is C17H17F3N4O3S. The van der Waals surface area contributed by atoms with Crippen molar-refractivity contribution < 1.29 is 26.3 Å². The molecule has 0 bridgehead atoms. The number of methoxy groups -OCH3 is 1. The number of benzene rings is 2. The Balaban J connectivity index is 0.000000500. The third-order valence-electron chi connectivity index (χ3n) is 3.39. The van der Waals surface area contributed by atoms with Gasteiger partial charge in [-0.3, -0.25) is 0 Å². The third kappa shape index (κ3) is 6.08. The quantitative estimate of drug-likeness (QED) is 0.686. The Kier molecular flexibility index (Phi) is 6.44. The Morgan fingerprint density at radius 1 is 1.00 bits per heavy atom. The molecule has 150 valence electrons. The van der Waals surface area contributed by atoms with Crippen LogP contribution in [0.2, 0.25) is 0 Å². The van der Waals surface area contributed by atoms with Gasteiger partial charge in [-0.2, -0.15) is 26.7 Å². The summed E-state index contributed by atoms with van der Waals surface area (Å²) in [7, 11) is -2.13. The number of nitrogens with zero attached hydrogens (tertiary/aromatic N) is 2. The van der Waals surface area contributed by atoms with Gasteiger partial charge in [0, 0.05) is 5.56 Å². The summed E-state index contributed by atoms with van der Waals surface area (Å²) in [5, 5.41) is 11.9. The monoisotopic (exact) mass is 414 g/mol. The Bertz CT molecular complexity index is 1010. The average molecular weight is 414 g/mol. The summed E-state index contributed by atoms with van der Waals surface area (Å²) in [6, 6.07) is 16.6. The molecule has 1 heterocycles. The van der Waals surface area contributed by atoms with E-state index in [1.807, 2.05) is 0 Å². The molecule has 0 atom stereocenters. The second kappa shape index (κ2) is 8.42. The maximum atomic E-state index is 13.0. The number of nitrogens with two attached hydrogens (primary N) is 2. The van der Waals surface area contributed by atoms with Crippen LogP contribution in [0.1, 0.15) is 5.69 Å². The highest BCUT2D eigenvalue weighted by Gasteiger charge is 2.35. The zero-order chi connectivity index (χ0) is 20.9. The summed E-state index contributed by atoms with van der Waals surface area (Å²) in [5.74, 6) is 0.635. The van der Waals surface area contributed by atoms with Gasteiger partial charge in [-0.1, -0.05) is 18.2 Å². The molecule has 0 amide bonds. The molecule has 28 heavy (non-hydrogen) atoms. The van der Waals surface area contributed by atoms with E-state index in [-0.39, 0.29) is 0 Å². The molecular weight excluding hydrogens is 397 g/mol. The summed E-state index contributed by atoms with van der Waals surface area (Å²) < 4.78 is 63.9. The Labute approximate surface area is 159 Å². The lowest BCUT2D eigenvalue weighted by Crippen LogP contribution is -2.21. The van der Waals surface area contributed by atoms with Gasteiger partial charge in [-0.05, 0) is 42.5 Å². The molecule has 3 rings (SSSR count). The zero-order valence-corrected chi connectivity index (χ0v) is 15.4. The van der Waals surface area contributed by atoms with E-state index < -0.39 is 22.1 Å².